The highest BCUT2D eigenvalue weighted by Gasteiger charge is 2.32. The molecule has 0 bridgehead atoms. The molecule has 0 atom stereocenters. The van der Waals surface area contributed by atoms with Gasteiger partial charge in [0.15, 0.2) is 17.4 Å². The molecule has 3 heteroatoms. The molecular weight excluding hydrogens is 226 g/mol. The summed E-state index contributed by atoms with van der Waals surface area (Å²) in [5.74, 6) is 1.31. The number of ketones is 1. The van der Waals surface area contributed by atoms with Crippen LogP contribution in [0.1, 0.15) is 57.0 Å². The van der Waals surface area contributed by atoms with Crippen LogP contribution in [0, 0.1) is 5.41 Å². The number of nitrogens with zero attached hydrogens (tertiary/aromatic N) is 1. The third kappa shape index (κ3) is 2.45. The molecule has 0 N–H and O–H groups in total. The number of carbonyl (C=O) groups excluding carboxylic acids is 1. The summed E-state index contributed by atoms with van der Waals surface area (Å²) < 4.78 is 5.60. The molecule has 0 radical (unpaired) electrons. The lowest BCUT2D eigenvalue weighted by atomic mass is 9.74. The number of hydrogen-bond donors (Lipinski definition) is 0. The van der Waals surface area contributed by atoms with Gasteiger partial charge in [-0.2, -0.15) is 0 Å². The van der Waals surface area contributed by atoms with Crippen molar-refractivity contribution in [2.24, 2.45) is 5.41 Å². The van der Waals surface area contributed by atoms with E-state index in [-0.39, 0.29) is 5.78 Å². The average molecular weight is 249 g/mol. The van der Waals surface area contributed by atoms with Crippen molar-refractivity contribution in [2.75, 3.05) is 18.0 Å². The number of anilines is 1. The molecule has 0 amide bonds. The second-order valence-electron chi connectivity index (χ2n) is 5.39. The quantitative estimate of drug-likeness (QED) is 0.759. The van der Waals surface area contributed by atoms with Gasteiger partial charge in [0.2, 0.25) is 0 Å². The Hall–Kier alpha value is -1.25. The Kier molecular flexibility index (Phi) is 3.79. The van der Waals surface area contributed by atoms with Crippen LogP contribution in [-0.4, -0.2) is 18.9 Å². The van der Waals surface area contributed by atoms with Gasteiger partial charge >= 0.3 is 0 Å². The number of piperidine rings is 1. The number of Topliss-reactive ketones (excluding diaryl/α,β-unsaturated/α-hetero) is 1. The van der Waals surface area contributed by atoms with Gasteiger partial charge in [0.05, 0.1) is 0 Å². The normalized spacial score (nSPS) is 18.9. The van der Waals surface area contributed by atoms with Gasteiger partial charge in [-0.15, -0.1) is 0 Å². The van der Waals surface area contributed by atoms with Crippen LogP contribution in [-0.2, 0) is 0 Å². The molecule has 18 heavy (non-hydrogen) atoms. The van der Waals surface area contributed by atoms with E-state index in [0.29, 0.717) is 11.2 Å². The first kappa shape index (κ1) is 13.2. The molecule has 1 aliphatic rings. The molecule has 3 nitrogen and oxygen atoms in total. The van der Waals surface area contributed by atoms with E-state index in [1.165, 1.54) is 32.6 Å². The number of rotatable bonds is 4. The average Bonchev–Trinajstić information content (AvgIpc) is 2.88. The van der Waals surface area contributed by atoms with Crippen LogP contribution in [0.4, 0.5) is 5.88 Å². The van der Waals surface area contributed by atoms with Crippen molar-refractivity contribution in [1.29, 1.82) is 0 Å². The Labute approximate surface area is 109 Å². The molecule has 0 spiro atoms. The molecule has 0 aromatic carbocycles. The zero-order valence-corrected chi connectivity index (χ0v) is 11.7. The van der Waals surface area contributed by atoms with E-state index < -0.39 is 0 Å². The van der Waals surface area contributed by atoms with E-state index in [1.807, 2.05) is 6.07 Å². The summed E-state index contributed by atoms with van der Waals surface area (Å²) in [5, 5.41) is 0. The van der Waals surface area contributed by atoms with Crippen LogP contribution in [0.25, 0.3) is 0 Å². The lowest BCUT2D eigenvalue weighted by Gasteiger charge is -2.40. The largest absolute Gasteiger partial charge is 0.437 e. The molecule has 0 unspecified atom stereocenters. The van der Waals surface area contributed by atoms with Crippen LogP contribution in [0.5, 0.6) is 0 Å². The Morgan fingerprint density at radius 3 is 2.33 bits per heavy atom. The standard InChI is InChI=1S/C15H23NO2/c1-4-15(5-2)8-10-16(11-9-15)14-7-6-13(18-14)12(3)17/h6-7H,4-5,8-11H2,1-3H3. The van der Waals surface area contributed by atoms with Crippen LogP contribution >= 0.6 is 0 Å². The lowest BCUT2D eigenvalue weighted by molar-refractivity contribution is 0.0987. The van der Waals surface area contributed by atoms with Gasteiger partial charge in [-0.3, -0.25) is 4.79 Å². The molecule has 2 rings (SSSR count). The molecule has 1 saturated heterocycles. The lowest BCUT2D eigenvalue weighted by Crippen LogP contribution is -2.39. The fraction of sp³-hybridized carbons (Fsp3) is 0.667. The van der Waals surface area contributed by atoms with Crippen molar-refractivity contribution in [2.45, 2.75) is 46.5 Å². The Morgan fingerprint density at radius 1 is 1.28 bits per heavy atom. The van der Waals surface area contributed by atoms with Gasteiger partial charge in [-0.1, -0.05) is 26.7 Å². The van der Waals surface area contributed by atoms with Gasteiger partial charge in [0, 0.05) is 26.1 Å². The number of furan rings is 1. The molecular formula is C15H23NO2. The minimum atomic E-state index is -0.00489. The highest BCUT2D eigenvalue weighted by atomic mass is 16.4. The van der Waals surface area contributed by atoms with Gasteiger partial charge < -0.3 is 9.32 Å². The first-order valence-corrected chi connectivity index (χ1v) is 6.96. The van der Waals surface area contributed by atoms with Crippen molar-refractivity contribution in [3.63, 3.8) is 0 Å². The van der Waals surface area contributed by atoms with Crippen molar-refractivity contribution in [3.05, 3.63) is 17.9 Å². The van der Waals surface area contributed by atoms with Crippen LogP contribution in [0.2, 0.25) is 0 Å². The minimum Gasteiger partial charge on any atom is -0.437 e. The Morgan fingerprint density at radius 2 is 1.89 bits per heavy atom. The van der Waals surface area contributed by atoms with Crippen molar-refractivity contribution >= 4 is 11.7 Å². The first-order valence-electron chi connectivity index (χ1n) is 6.96. The topological polar surface area (TPSA) is 33.5 Å². The van der Waals surface area contributed by atoms with E-state index in [2.05, 4.69) is 18.7 Å². The molecule has 1 aromatic rings. The van der Waals surface area contributed by atoms with E-state index in [9.17, 15) is 4.79 Å². The Bertz CT molecular complexity index is 408. The summed E-state index contributed by atoms with van der Waals surface area (Å²) in [6, 6.07) is 3.70. The summed E-state index contributed by atoms with van der Waals surface area (Å²) in [6.07, 6.45) is 4.95. The van der Waals surface area contributed by atoms with Crippen LogP contribution in [0.3, 0.4) is 0 Å². The third-order valence-corrected chi connectivity index (χ3v) is 4.57. The van der Waals surface area contributed by atoms with Gasteiger partial charge in [-0.25, -0.2) is 0 Å². The second-order valence-corrected chi connectivity index (χ2v) is 5.39. The molecule has 1 fully saturated rings. The molecule has 1 aromatic heterocycles. The smallest absolute Gasteiger partial charge is 0.196 e. The fourth-order valence-electron chi connectivity index (χ4n) is 2.85. The molecule has 0 saturated carbocycles. The van der Waals surface area contributed by atoms with Crippen molar-refractivity contribution in [3.8, 4) is 0 Å². The molecule has 2 heterocycles. The predicted octanol–water partition coefficient (Wildman–Crippen LogP) is 3.89. The molecule has 100 valence electrons. The van der Waals surface area contributed by atoms with E-state index in [0.717, 1.165) is 19.0 Å². The third-order valence-electron chi connectivity index (χ3n) is 4.57. The highest BCUT2D eigenvalue weighted by Crippen LogP contribution is 2.39. The monoisotopic (exact) mass is 249 g/mol. The summed E-state index contributed by atoms with van der Waals surface area (Å²) in [5.41, 5.74) is 0.520. The molecule has 1 aliphatic heterocycles. The first-order chi connectivity index (χ1) is 8.60. The number of carbonyl (C=O) groups is 1. The van der Waals surface area contributed by atoms with Crippen molar-refractivity contribution < 1.29 is 9.21 Å². The fourth-order valence-corrected chi connectivity index (χ4v) is 2.85. The van der Waals surface area contributed by atoms with Crippen LogP contribution in [0.15, 0.2) is 16.5 Å². The van der Waals surface area contributed by atoms with Crippen molar-refractivity contribution in [1.82, 2.24) is 0 Å². The molecule has 0 aliphatic carbocycles. The maximum atomic E-state index is 11.2. The summed E-state index contributed by atoms with van der Waals surface area (Å²) >= 11 is 0. The second kappa shape index (κ2) is 5.17. The van der Waals surface area contributed by atoms with Gasteiger partial charge in [-0.05, 0) is 24.3 Å². The summed E-state index contributed by atoms with van der Waals surface area (Å²) in [6.45, 7) is 8.19. The highest BCUT2D eigenvalue weighted by molar-refractivity contribution is 5.91. The maximum absolute atomic E-state index is 11.2. The zero-order chi connectivity index (χ0) is 13.2. The van der Waals surface area contributed by atoms with E-state index >= 15 is 0 Å². The number of hydrogen-bond acceptors (Lipinski definition) is 3. The predicted molar refractivity (Wildman–Crippen MR) is 73.2 cm³/mol. The maximum Gasteiger partial charge on any atom is 0.196 e. The minimum absolute atomic E-state index is 0.00489. The van der Waals surface area contributed by atoms with E-state index in [1.54, 1.807) is 6.07 Å². The van der Waals surface area contributed by atoms with E-state index in [4.69, 9.17) is 4.42 Å². The van der Waals surface area contributed by atoms with Gasteiger partial charge in [0.25, 0.3) is 0 Å². The Balaban J connectivity index is 2.02. The van der Waals surface area contributed by atoms with Crippen LogP contribution < -0.4 is 4.90 Å². The SMILES string of the molecule is CCC1(CC)CCN(c2ccc(C(C)=O)o2)CC1. The van der Waals surface area contributed by atoms with Gasteiger partial charge in [0.1, 0.15) is 0 Å². The summed E-state index contributed by atoms with van der Waals surface area (Å²) in [7, 11) is 0. The zero-order valence-electron chi connectivity index (χ0n) is 11.7. The summed E-state index contributed by atoms with van der Waals surface area (Å²) in [4.78, 5) is 13.5.